The van der Waals surface area contributed by atoms with E-state index >= 15 is 0 Å². The molecule has 1 fully saturated rings. The minimum atomic E-state index is 0.219. The predicted octanol–water partition coefficient (Wildman–Crippen LogP) is 4.71. The van der Waals surface area contributed by atoms with Crippen LogP contribution < -0.4 is 9.47 Å². The topological polar surface area (TPSA) is 61.6 Å². The highest BCUT2D eigenvalue weighted by atomic mass is 32.2. The Hall–Kier alpha value is -2.55. The van der Waals surface area contributed by atoms with Gasteiger partial charge in [-0.15, -0.1) is 10.2 Å². The predicted molar refractivity (Wildman–Crippen MR) is 134 cm³/mol. The van der Waals surface area contributed by atoms with Gasteiger partial charge < -0.3 is 18.8 Å². The zero-order valence-corrected chi connectivity index (χ0v) is 21.3. The van der Waals surface area contributed by atoms with Gasteiger partial charge in [0.25, 0.3) is 0 Å². The molecule has 8 heteroatoms. The number of aromatic nitrogens is 3. The van der Waals surface area contributed by atoms with E-state index in [1.807, 2.05) is 12.1 Å². The van der Waals surface area contributed by atoms with E-state index in [0.29, 0.717) is 13.1 Å². The van der Waals surface area contributed by atoms with Crippen molar-refractivity contribution in [1.29, 1.82) is 0 Å². The van der Waals surface area contributed by atoms with Gasteiger partial charge in [-0.2, -0.15) is 0 Å². The van der Waals surface area contributed by atoms with Gasteiger partial charge >= 0.3 is 0 Å². The molecule has 0 unspecified atom stereocenters. The summed E-state index contributed by atoms with van der Waals surface area (Å²) in [6.07, 6.45) is 2.41. The highest BCUT2D eigenvalue weighted by molar-refractivity contribution is 7.98. The maximum Gasteiger partial charge on any atom is 0.191 e. The summed E-state index contributed by atoms with van der Waals surface area (Å²) in [5, 5.41) is 10.1. The van der Waals surface area contributed by atoms with Gasteiger partial charge in [-0.3, -0.25) is 4.90 Å². The van der Waals surface area contributed by atoms with Gasteiger partial charge in [-0.25, -0.2) is 0 Å². The van der Waals surface area contributed by atoms with E-state index in [1.165, 1.54) is 11.1 Å². The van der Waals surface area contributed by atoms with E-state index in [2.05, 4.69) is 64.0 Å². The molecule has 0 saturated carbocycles. The van der Waals surface area contributed by atoms with Gasteiger partial charge in [0.15, 0.2) is 16.7 Å². The molecule has 2 aromatic carbocycles. The van der Waals surface area contributed by atoms with Crippen LogP contribution in [0.5, 0.6) is 11.5 Å². The Balaban J connectivity index is 1.50. The SMILES string of the molecule is COc1cccc(CN(C)Cc2nnc(SCc3ccccc3C)n2C[C@H]2CCCO2)c1OC. The highest BCUT2D eigenvalue weighted by Gasteiger charge is 2.22. The molecule has 182 valence electrons. The monoisotopic (exact) mass is 482 g/mol. The van der Waals surface area contributed by atoms with Crippen LogP contribution in [0.2, 0.25) is 0 Å². The fraction of sp³-hybridized carbons (Fsp3) is 0.462. The van der Waals surface area contributed by atoms with Crippen molar-refractivity contribution in [2.45, 2.75) is 56.4 Å². The van der Waals surface area contributed by atoms with Gasteiger partial charge in [0, 0.05) is 24.5 Å². The zero-order valence-electron chi connectivity index (χ0n) is 20.5. The number of ether oxygens (including phenoxy) is 3. The fourth-order valence-electron chi connectivity index (χ4n) is 4.30. The van der Waals surface area contributed by atoms with Gasteiger partial charge in [0.2, 0.25) is 0 Å². The Bertz CT molecular complexity index is 1080. The molecule has 1 aliphatic heterocycles. The molecule has 4 rings (SSSR count). The number of hydrogen-bond donors (Lipinski definition) is 0. The fourth-order valence-corrected chi connectivity index (χ4v) is 5.34. The number of thioether (sulfide) groups is 1. The van der Waals surface area contributed by atoms with Crippen LogP contribution in [0.15, 0.2) is 47.6 Å². The normalized spacial score (nSPS) is 15.7. The van der Waals surface area contributed by atoms with Crippen molar-refractivity contribution >= 4 is 11.8 Å². The summed E-state index contributed by atoms with van der Waals surface area (Å²) in [4.78, 5) is 2.23. The molecule has 1 saturated heterocycles. The molecule has 34 heavy (non-hydrogen) atoms. The van der Waals surface area contributed by atoms with Crippen LogP contribution in [0.3, 0.4) is 0 Å². The first-order chi connectivity index (χ1) is 16.6. The Morgan fingerprint density at radius 2 is 1.88 bits per heavy atom. The summed E-state index contributed by atoms with van der Waals surface area (Å²) >= 11 is 1.74. The van der Waals surface area contributed by atoms with Crippen molar-refractivity contribution in [2.75, 3.05) is 27.9 Å². The lowest BCUT2D eigenvalue weighted by atomic mass is 10.1. The number of benzene rings is 2. The number of nitrogens with zero attached hydrogens (tertiary/aromatic N) is 4. The van der Waals surface area contributed by atoms with Crippen LogP contribution >= 0.6 is 11.8 Å². The average Bonchev–Trinajstić information content (AvgIpc) is 3.49. The minimum absolute atomic E-state index is 0.219. The minimum Gasteiger partial charge on any atom is -0.493 e. The molecule has 0 amide bonds. The van der Waals surface area contributed by atoms with E-state index in [0.717, 1.165) is 59.8 Å². The quantitative estimate of drug-likeness (QED) is 0.367. The van der Waals surface area contributed by atoms with Crippen molar-refractivity contribution in [3.8, 4) is 11.5 Å². The molecule has 0 aliphatic carbocycles. The van der Waals surface area contributed by atoms with Crippen molar-refractivity contribution in [3.05, 3.63) is 65.0 Å². The first kappa shape index (κ1) is 24.6. The standard InChI is InChI=1S/C26H34N4O3S/c1-19-9-5-6-10-21(19)18-34-26-28-27-24(30(26)16-22-12-8-14-33-22)17-29(2)15-20-11-7-13-23(31-3)25(20)32-4/h5-7,9-11,13,22H,8,12,14-18H2,1-4H3/t22-/m1/s1. The molecule has 0 spiro atoms. The van der Waals surface area contributed by atoms with E-state index in [4.69, 9.17) is 14.2 Å². The zero-order chi connectivity index (χ0) is 23.9. The molecule has 0 radical (unpaired) electrons. The highest BCUT2D eigenvalue weighted by Crippen LogP contribution is 2.32. The lowest BCUT2D eigenvalue weighted by Crippen LogP contribution is -2.23. The summed E-state index contributed by atoms with van der Waals surface area (Å²) in [7, 11) is 5.43. The van der Waals surface area contributed by atoms with Crippen molar-refractivity contribution in [3.63, 3.8) is 0 Å². The lowest BCUT2D eigenvalue weighted by molar-refractivity contribution is 0.0934. The van der Waals surface area contributed by atoms with Crippen molar-refractivity contribution in [1.82, 2.24) is 19.7 Å². The third kappa shape index (κ3) is 5.92. The molecule has 7 nitrogen and oxygen atoms in total. The van der Waals surface area contributed by atoms with E-state index in [1.54, 1.807) is 26.0 Å². The molecule has 3 aromatic rings. The van der Waals surface area contributed by atoms with Crippen molar-refractivity contribution < 1.29 is 14.2 Å². The Morgan fingerprint density at radius 1 is 1.06 bits per heavy atom. The Kier molecular flexibility index (Phi) is 8.48. The Morgan fingerprint density at radius 3 is 2.62 bits per heavy atom. The van der Waals surface area contributed by atoms with Crippen LogP contribution in [-0.2, 0) is 30.1 Å². The molecule has 2 heterocycles. The molecule has 1 aromatic heterocycles. The lowest BCUT2D eigenvalue weighted by Gasteiger charge is -2.20. The number of rotatable bonds is 11. The summed E-state index contributed by atoms with van der Waals surface area (Å²) in [5.74, 6) is 3.33. The molecule has 1 atom stereocenters. The maximum absolute atomic E-state index is 5.94. The molecule has 1 aliphatic rings. The first-order valence-electron chi connectivity index (χ1n) is 11.7. The van der Waals surface area contributed by atoms with Gasteiger partial charge in [0.1, 0.15) is 5.82 Å². The number of hydrogen-bond acceptors (Lipinski definition) is 7. The summed E-state index contributed by atoms with van der Waals surface area (Å²) < 4.78 is 19.3. The number of aryl methyl sites for hydroxylation is 1. The van der Waals surface area contributed by atoms with Crippen LogP contribution in [-0.4, -0.2) is 53.6 Å². The Labute approximate surface area is 206 Å². The second-order valence-electron chi connectivity index (χ2n) is 8.68. The van der Waals surface area contributed by atoms with Crippen LogP contribution in [0, 0.1) is 6.92 Å². The first-order valence-corrected chi connectivity index (χ1v) is 12.7. The van der Waals surface area contributed by atoms with E-state index < -0.39 is 0 Å². The van der Waals surface area contributed by atoms with Gasteiger partial charge in [-0.1, -0.05) is 48.2 Å². The summed E-state index contributed by atoms with van der Waals surface area (Å²) in [6.45, 7) is 5.15. The molecule has 0 bridgehead atoms. The van der Waals surface area contributed by atoms with E-state index in [9.17, 15) is 0 Å². The van der Waals surface area contributed by atoms with Crippen LogP contribution in [0.1, 0.15) is 35.4 Å². The van der Waals surface area contributed by atoms with Gasteiger partial charge in [-0.05, 0) is 44.0 Å². The van der Waals surface area contributed by atoms with E-state index in [-0.39, 0.29) is 6.10 Å². The largest absolute Gasteiger partial charge is 0.493 e. The number of para-hydroxylation sites is 1. The van der Waals surface area contributed by atoms with Gasteiger partial charge in [0.05, 0.1) is 33.4 Å². The van der Waals surface area contributed by atoms with Crippen LogP contribution in [0.25, 0.3) is 0 Å². The average molecular weight is 483 g/mol. The molecular formula is C26H34N4O3S. The summed E-state index contributed by atoms with van der Waals surface area (Å²) in [6, 6.07) is 14.5. The smallest absolute Gasteiger partial charge is 0.191 e. The second-order valence-corrected chi connectivity index (χ2v) is 9.63. The second kappa shape index (κ2) is 11.7. The maximum atomic E-state index is 5.94. The third-order valence-electron chi connectivity index (χ3n) is 6.16. The summed E-state index contributed by atoms with van der Waals surface area (Å²) in [5.41, 5.74) is 3.69. The van der Waals surface area contributed by atoms with Crippen molar-refractivity contribution in [2.24, 2.45) is 0 Å². The number of methoxy groups -OCH3 is 2. The molecule has 0 N–H and O–H groups in total. The molecular weight excluding hydrogens is 448 g/mol. The third-order valence-corrected chi connectivity index (χ3v) is 7.17. The van der Waals surface area contributed by atoms with Crippen LogP contribution in [0.4, 0.5) is 0 Å².